The number of benzene rings is 2. The molecule has 0 aliphatic heterocycles. The van der Waals surface area contributed by atoms with E-state index in [4.69, 9.17) is 4.74 Å². The fourth-order valence-corrected chi connectivity index (χ4v) is 2.05. The standard InChI is InChI=1S/C15H10F3N3O6/c16-15(17,18)10-7-9(20(23)24)5-6-11(10)19-14(22)8-27-13-4-2-1-3-12(13)21(25)26/h1-7H,8H2,(H,19,22). The molecule has 142 valence electrons. The summed E-state index contributed by atoms with van der Waals surface area (Å²) in [6.45, 7) is -0.806. The Hall–Kier alpha value is -3.70. The van der Waals surface area contributed by atoms with E-state index in [1.54, 1.807) is 0 Å². The predicted molar refractivity (Wildman–Crippen MR) is 85.3 cm³/mol. The zero-order chi connectivity index (χ0) is 20.2. The quantitative estimate of drug-likeness (QED) is 0.599. The van der Waals surface area contributed by atoms with Gasteiger partial charge in [-0.15, -0.1) is 0 Å². The van der Waals surface area contributed by atoms with Gasteiger partial charge in [0, 0.05) is 18.2 Å². The van der Waals surface area contributed by atoms with Crippen molar-refractivity contribution in [3.05, 3.63) is 68.3 Å². The van der Waals surface area contributed by atoms with E-state index < -0.39 is 51.2 Å². The van der Waals surface area contributed by atoms with Crippen LogP contribution in [0.5, 0.6) is 5.75 Å². The highest BCUT2D eigenvalue weighted by molar-refractivity contribution is 5.93. The molecule has 0 unspecified atom stereocenters. The highest BCUT2D eigenvalue weighted by Gasteiger charge is 2.35. The van der Waals surface area contributed by atoms with Gasteiger partial charge in [-0.25, -0.2) is 0 Å². The molecule has 0 saturated carbocycles. The Kier molecular flexibility index (Phi) is 5.58. The zero-order valence-electron chi connectivity index (χ0n) is 13.2. The first kappa shape index (κ1) is 19.6. The van der Waals surface area contributed by atoms with Gasteiger partial charge in [-0.05, 0) is 12.1 Å². The van der Waals surface area contributed by atoms with Crippen LogP contribution in [0.1, 0.15) is 5.56 Å². The fourth-order valence-electron chi connectivity index (χ4n) is 2.05. The number of carbonyl (C=O) groups excluding carboxylic acids is 1. The van der Waals surface area contributed by atoms with Gasteiger partial charge in [0.05, 0.1) is 21.1 Å². The molecule has 1 amide bonds. The van der Waals surface area contributed by atoms with E-state index in [1.807, 2.05) is 5.32 Å². The van der Waals surface area contributed by atoms with Gasteiger partial charge < -0.3 is 10.1 Å². The number of alkyl halides is 3. The number of hydrogen-bond donors (Lipinski definition) is 1. The number of non-ortho nitro benzene ring substituents is 1. The van der Waals surface area contributed by atoms with Gasteiger partial charge in [-0.3, -0.25) is 25.0 Å². The molecule has 0 spiro atoms. The number of carbonyl (C=O) groups is 1. The summed E-state index contributed by atoms with van der Waals surface area (Å²) in [6.07, 6.45) is -4.95. The van der Waals surface area contributed by atoms with Crippen molar-refractivity contribution in [3.8, 4) is 5.75 Å². The molecule has 12 heteroatoms. The Morgan fingerprint density at radius 3 is 2.33 bits per heavy atom. The summed E-state index contributed by atoms with van der Waals surface area (Å²) in [7, 11) is 0. The van der Waals surface area contributed by atoms with Crippen molar-refractivity contribution in [3.63, 3.8) is 0 Å². The first-order valence-electron chi connectivity index (χ1n) is 7.11. The van der Waals surface area contributed by atoms with Gasteiger partial charge in [0.25, 0.3) is 11.6 Å². The largest absolute Gasteiger partial charge is 0.477 e. The molecule has 0 fully saturated rings. The van der Waals surface area contributed by atoms with Crippen LogP contribution in [0.3, 0.4) is 0 Å². The zero-order valence-corrected chi connectivity index (χ0v) is 13.2. The van der Waals surface area contributed by atoms with Crippen LogP contribution in [0, 0.1) is 20.2 Å². The minimum atomic E-state index is -4.95. The van der Waals surface area contributed by atoms with Gasteiger partial charge >= 0.3 is 11.9 Å². The molecule has 0 aliphatic rings. The molecule has 0 atom stereocenters. The van der Waals surface area contributed by atoms with E-state index in [2.05, 4.69) is 0 Å². The van der Waals surface area contributed by atoms with E-state index in [9.17, 15) is 38.2 Å². The van der Waals surface area contributed by atoms with E-state index in [0.717, 1.165) is 18.2 Å². The summed E-state index contributed by atoms with van der Waals surface area (Å²) in [5, 5.41) is 23.4. The van der Waals surface area contributed by atoms with Crippen molar-refractivity contribution in [2.45, 2.75) is 6.18 Å². The van der Waals surface area contributed by atoms with Crippen molar-refractivity contribution < 1.29 is 32.5 Å². The Bertz CT molecular complexity index is 901. The molecular weight excluding hydrogens is 375 g/mol. The lowest BCUT2D eigenvalue weighted by Gasteiger charge is -2.14. The van der Waals surface area contributed by atoms with E-state index >= 15 is 0 Å². The van der Waals surface area contributed by atoms with Crippen LogP contribution < -0.4 is 10.1 Å². The second kappa shape index (κ2) is 7.68. The topological polar surface area (TPSA) is 125 Å². The summed E-state index contributed by atoms with van der Waals surface area (Å²) < 4.78 is 44.1. The third-order valence-electron chi connectivity index (χ3n) is 3.21. The first-order valence-corrected chi connectivity index (χ1v) is 7.11. The minimum Gasteiger partial charge on any atom is -0.477 e. The summed E-state index contributed by atoms with van der Waals surface area (Å²) in [4.78, 5) is 31.6. The second-order valence-electron chi connectivity index (χ2n) is 5.05. The maximum absolute atomic E-state index is 13.1. The lowest BCUT2D eigenvalue weighted by molar-refractivity contribution is -0.385. The maximum atomic E-state index is 13.1. The third kappa shape index (κ3) is 4.90. The van der Waals surface area contributed by atoms with E-state index in [1.165, 1.54) is 18.2 Å². The molecule has 0 saturated heterocycles. The van der Waals surface area contributed by atoms with Gasteiger partial charge in [-0.1, -0.05) is 12.1 Å². The molecule has 2 aromatic carbocycles. The van der Waals surface area contributed by atoms with Crippen LogP contribution >= 0.6 is 0 Å². The predicted octanol–water partition coefficient (Wildman–Crippen LogP) is 3.54. The number of amides is 1. The molecule has 0 aliphatic carbocycles. The van der Waals surface area contributed by atoms with Gasteiger partial charge in [0.2, 0.25) is 0 Å². The van der Waals surface area contributed by atoms with Crippen LogP contribution in [0.2, 0.25) is 0 Å². The fraction of sp³-hybridized carbons (Fsp3) is 0.133. The summed E-state index contributed by atoms with van der Waals surface area (Å²) in [6, 6.07) is 6.97. The van der Waals surface area contributed by atoms with Crippen molar-refractivity contribution >= 4 is 23.0 Å². The molecular formula is C15H10F3N3O6. The monoisotopic (exact) mass is 385 g/mol. The number of para-hydroxylation sites is 2. The van der Waals surface area contributed by atoms with Crippen LogP contribution in [-0.4, -0.2) is 22.4 Å². The van der Waals surface area contributed by atoms with Gasteiger partial charge in [-0.2, -0.15) is 13.2 Å². The smallest absolute Gasteiger partial charge is 0.418 e. The number of hydrogen-bond acceptors (Lipinski definition) is 6. The summed E-state index contributed by atoms with van der Waals surface area (Å²) in [5.74, 6) is -1.27. The molecule has 0 heterocycles. The summed E-state index contributed by atoms with van der Waals surface area (Å²) in [5.41, 5.74) is -3.33. The molecule has 0 radical (unpaired) electrons. The molecule has 2 rings (SSSR count). The SMILES string of the molecule is O=C(COc1ccccc1[N+](=O)[O-])Nc1ccc([N+](=O)[O-])cc1C(F)(F)F. The van der Waals surface area contributed by atoms with Crippen molar-refractivity contribution in [1.29, 1.82) is 0 Å². The number of anilines is 1. The Morgan fingerprint density at radius 2 is 1.74 bits per heavy atom. The lowest BCUT2D eigenvalue weighted by Crippen LogP contribution is -2.22. The van der Waals surface area contributed by atoms with Crippen LogP contribution in [0.4, 0.5) is 30.2 Å². The minimum absolute atomic E-state index is 0.239. The number of halogens is 3. The number of nitrogens with one attached hydrogen (secondary N) is 1. The molecule has 0 aromatic heterocycles. The average Bonchev–Trinajstić information content (AvgIpc) is 2.59. The normalized spacial score (nSPS) is 10.9. The van der Waals surface area contributed by atoms with E-state index in [-0.39, 0.29) is 5.75 Å². The second-order valence-corrected chi connectivity index (χ2v) is 5.05. The molecule has 1 N–H and O–H groups in total. The third-order valence-corrected chi connectivity index (χ3v) is 3.21. The Morgan fingerprint density at radius 1 is 1.07 bits per heavy atom. The first-order chi connectivity index (χ1) is 12.6. The van der Waals surface area contributed by atoms with Crippen LogP contribution in [-0.2, 0) is 11.0 Å². The average molecular weight is 385 g/mol. The number of nitrogens with zero attached hydrogens (tertiary/aromatic N) is 2. The number of rotatable bonds is 6. The van der Waals surface area contributed by atoms with Crippen LogP contribution in [0.25, 0.3) is 0 Å². The molecule has 0 bridgehead atoms. The highest BCUT2D eigenvalue weighted by Crippen LogP contribution is 2.37. The summed E-state index contributed by atoms with van der Waals surface area (Å²) >= 11 is 0. The van der Waals surface area contributed by atoms with Gasteiger partial charge in [0.1, 0.15) is 0 Å². The lowest BCUT2D eigenvalue weighted by atomic mass is 10.1. The van der Waals surface area contributed by atoms with Crippen molar-refractivity contribution in [2.24, 2.45) is 0 Å². The molecule has 2 aromatic rings. The van der Waals surface area contributed by atoms with Crippen molar-refractivity contribution in [2.75, 3.05) is 11.9 Å². The molecule has 9 nitrogen and oxygen atoms in total. The maximum Gasteiger partial charge on any atom is 0.418 e. The molecule has 27 heavy (non-hydrogen) atoms. The van der Waals surface area contributed by atoms with Gasteiger partial charge in [0.15, 0.2) is 12.4 Å². The van der Waals surface area contributed by atoms with Crippen molar-refractivity contribution in [1.82, 2.24) is 0 Å². The Labute approximate surface area is 148 Å². The van der Waals surface area contributed by atoms with E-state index in [0.29, 0.717) is 6.07 Å². The number of ether oxygens (including phenoxy) is 1. The highest BCUT2D eigenvalue weighted by atomic mass is 19.4. The number of nitro groups is 2. The number of nitro benzene ring substituents is 2. The Balaban J connectivity index is 2.17. The van der Waals surface area contributed by atoms with Crippen LogP contribution in [0.15, 0.2) is 42.5 Å².